The Bertz CT molecular complexity index is 777. The minimum atomic E-state index is -4.41. The third-order valence-electron chi connectivity index (χ3n) is 3.39. The van der Waals surface area contributed by atoms with Crippen LogP contribution in [-0.4, -0.2) is 10.5 Å². The van der Waals surface area contributed by atoms with Gasteiger partial charge in [0.2, 0.25) is 5.91 Å². The molecule has 122 valence electrons. The van der Waals surface area contributed by atoms with E-state index in [0.29, 0.717) is 11.1 Å². The van der Waals surface area contributed by atoms with Gasteiger partial charge in [-0.05, 0) is 36.2 Å². The van der Waals surface area contributed by atoms with Crippen molar-refractivity contribution in [3.05, 3.63) is 63.6 Å². The molecule has 0 fully saturated rings. The van der Waals surface area contributed by atoms with Crippen LogP contribution in [-0.2, 0) is 24.4 Å². The van der Waals surface area contributed by atoms with Crippen LogP contribution in [0.25, 0.3) is 0 Å². The number of benzene rings is 1. The highest BCUT2D eigenvalue weighted by molar-refractivity contribution is 5.92. The third-order valence-corrected chi connectivity index (χ3v) is 3.39. The van der Waals surface area contributed by atoms with Crippen molar-refractivity contribution in [2.45, 2.75) is 19.5 Å². The lowest BCUT2D eigenvalue weighted by Gasteiger charge is -2.10. The van der Waals surface area contributed by atoms with Crippen molar-refractivity contribution in [1.82, 2.24) is 4.57 Å². The van der Waals surface area contributed by atoms with Gasteiger partial charge in [-0.15, -0.1) is 0 Å². The fourth-order valence-corrected chi connectivity index (χ4v) is 2.05. The van der Waals surface area contributed by atoms with Crippen LogP contribution in [0.5, 0.6) is 0 Å². The number of amides is 1. The lowest BCUT2D eigenvalue weighted by molar-refractivity contribution is -0.137. The zero-order valence-corrected chi connectivity index (χ0v) is 12.6. The van der Waals surface area contributed by atoms with E-state index < -0.39 is 17.6 Å². The molecule has 23 heavy (non-hydrogen) atoms. The van der Waals surface area contributed by atoms with Gasteiger partial charge in [-0.3, -0.25) is 9.59 Å². The normalized spacial score (nSPS) is 11.3. The van der Waals surface area contributed by atoms with E-state index in [-0.39, 0.29) is 17.7 Å². The van der Waals surface area contributed by atoms with Crippen molar-refractivity contribution in [3.63, 3.8) is 0 Å². The minimum Gasteiger partial charge on any atom is -0.321 e. The van der Waals surface area contributed by atoms with Gasteiger partial charge in [-0.1, -0.05) is 12.1 Å². The van der Waals surface area contributed by atoms with Crippen molar-refractivity contribution in [3.8, 4) is 0 Å². The Labute approximate surface area is 130 Å². The molecule has 0 atom stereocenters. The highest BCUT2D eigenvalue weighted by Gasteiger charge is 2.29. The first kappa shape index (κ1) is 16.8. The first-order chi connectivity index (χ1) is 10.7. The number of nitrogens with zero attached hydrogens (tertiary/aromatic N) is 1. The molecule has 0 aliphatic rings. The number of carbonyl (C=O) groups excluding carboxylic acids is 1. The molecule has 1 N–H and O–H groups in total. The lowest BCUT2D eigenvalue weighted by atomic mass is 10.1. The Morgan fingerprint density at radius 2 is 1.78 bits per heavy atom. The molecule has 1 aromatic heterocycles. The number of aryl methyl sites for hydroxylation is 2. The van der Waals surface area contributed by atoms with E-state index in [1.807, 2.05) is 0 Å². The number of hydrogen-bond acceptors (Lipinski definition) is 2. The second kappa shape index (κ2) is 6.28. The smallest absolute Gasteiger partial charge is 0.321 e. The van der Waals surface area contributed by atoms with Crippen LogP contribution in [0.3, 0.4) is 0 Å². The maximum Gasteiger partial charge on any atom is 0.416 e. The van der Waals surface area contributed by atoms with Crippen molar-refractivity contribution < 1.29 is 18.0 Å². The van der Waals surface area contributed by atoms with E-state index >= 15 is 0 Å². The van der Waals surface area contributed by atoms with Crippen molar-refractivity contribution in [2.75, 3.05) is 5.32 Å². The molecule has 0 saturated carbocycles. The summed E-state index contributed by atoms with van der Waals surface area (Å²) in [7, 11) is 1.56. The molecule has 2 aromatic rings. The van der Waals surface area contributed by atoms with E-state index in [4.69, 9.17) is 0 Å². The summed E-state index contributed by atoms with van der Waals surface area (Å²) in [5.41, 5.74) is 0.113. The number of aromatic nitrogens is 1. The maximum absolute atomic E-state index is 12.5. The van der Waals surface area contributed by atoms with Gasteiger partial charge in [0, 0.05) is 13.2 Å². The Morgan fingerprint density at radius 1 is 1.17 bits per heavy atom. The number of alkyl halides is 3. The summed E-state index contributed by atoms with van der Waals surface area (Å²) < 4.78 is 38.8. The Balaban J connectivity index is 2.12. The second-order valence-corrected chi connectivity index (χ2v) is 5.21. The molecular formula is C16H15F3N2O2. The first-order valence-electron chi connectivity index (χ1n) is 6.80. The van der Waals surface area contributed by atoms with Gasteiger partial charge in [-0.2, -0.15) is 13.2 Å². The predicted octanol–water partition coefficient (Wildman–Crippen LogP) is 2.89. The monoisotopic (exact) mass is 324 g/mol. The summed E-state index contributed by atoms with van der Waals surface area (Å²) in [6.45, 7) is 1.69. The molecule has 1 amide bonds. The molecule has 2 rings (SSSR count). The van der Waals surface area contributed by atoms with Crippen LogP contribution in [0.15, 0.2) is 41.3 Å². The second-order valence-electron chi connectivity index (χ2n) is 5.21. The van der Waals surface area contributed by atoms with Gasteiger partial charge < -0.3 is 9.88 Å². The van der Waals surface area contributed by atoms with E-state index in [9.17, 15) is 22.8 Å². The Kier molecular flexibility index (Phi) is 4.58. The molecule has 4 nitrogen and oxygen atoms in total. The number of anilines is 1. The Hall–Kier alpha value is -2.57. The largest absolute Gasteiger partial charge is 0.416 e. The molecule has 1 aromatic carbocycles. The average molecular weight is 324 g/mol. The molecule has 0 unspecified atom stereocenters. The number of nitrogens with one attached hydrogen (secondary N) is 1. The molecule has 0 saturated heterocycles. The van der Waals surface area contributed by atoms with Crippen LogP contribution in [0.2, 0.25) is 0 Å². The van der Waals surface area contributed by atoms with E-state index in [0.717, 1.165) is 12.1 Å². The summed E-state index contributed by atoms with van der Waals surface area (Å²) >= 11 is 0. The number of hydrogen-bond donors (Lipinski definition) is 1. The molecular weight excluding hydrogens is 309 g/mol. The van der Waals surface area contributed by atoms with Crippen LogP contribution < -0.4 is 10.9 Å². The topological polar surface area (TPSA) is 51.1 Å². The van der Waals surface area contributed by atoms with Gasteiger partial charge in [0.1, 0.15) is 5.69 Å². The first-order valence-corrected chi connectivity index (χ1v) is 6.80. The van der Waals surface area contributed by atoms with Crippen molar-refractivity contribution >= 4 is 11.6 Å². The van der Waals surface area contributed by atoms with Gasteiger partial charge >= 0.3 is 6.18 Å². The quantitative estimate of drug-likeness (QED) is 0.944. The molecule has 7 heteroatoms. The van der Waals surface area contributed by atoms with Gasteiger partial charge in [0.05, 0.1) is 12.0 Å². The van der Waals surface area contributed by atoms with Gasteiger partial charge in [-0.25, -0.2) is 0 Å². The standard InChI is InChI=1S/C16H15F3N2O2/c1-10-7-8-21(2)15(23)14(10)20-13(22)9-11-3-5-12(6-4-11)16(17,18)19/h3-8H,9H2,1-2H3,(H,20,22). The van der Waals surface area contributed by atoms with Crippen LogP contribution >= 0.6 is 0 Å². The van der Waals surface area contributed by atoms with Crippen LogP contribution in [0.1, 0.15) is 16.7 Å². The summed E-state index contributed by atoms with van der Waals surface area (Å²) in [5, 5.41) is 2.52. The summed E-state index contributed by atoms with van der Waals surface area (Å²) in [6, 6.07) is 6.04. The number of halogens is 3. The molecule has 1 heterocycles. The fraction of sp³-hybridized carbons (Fsp3) is 0.250. The zero-order valence-electron chi connectivity index (χ0n) is 12.6. The highest BCUT2D eigenvalue weighted by Crippen LogP contribution is 2.29. The van der Waals surface area contributed by atoms with Crippen LogP contribution in [0, 0.1) is 6.92 Å². The lowest BCUT2D eigenvalue weighted by Crippen LogP contribution is -2.25. The van der Waals surface area contributed by atoms with E-state index in [2.05, 4.69) is 5.32 Å². The SMILES string of the molecule is Cc1ccn(C)c(=O)c1NC(=O)Cc1ccc(C(F)(F)F)cc1. The van der Waals surface area contributed by atoms with Crippen molar-refractivity contribution in [2.24, 2.45) is 7.05 Å². The number of carbonyl (C=O) groups is 1. The third kappa shape index (κ3) is 4.00. The Morgan fingerprint density at radius 3 is 2.35 bits per heavy atom. The van der Waals surface area contributed by atoms with Gasteiger partial charge in [0.25, 0.3) is 5.56 Å². The summed E-state index contributed by atoms with van der Waals surface area (Å²) in [5.74, 6) is -0.462. The van der Waals surface area contributed by atoms with E-state index in [1.54, 1.807) is 26.2 Å². The van der Waals surface area contributed by atoms with Crippen molar-refractivity contribution in [1.29, 1.82) is 0 Å². The highest BCUT2D eigenvalue weighted by atomic mass is 19.4. The molecule has 0 radical (unpaired) electrons. The molecule has 0 bridgehead atoms. The van der Waals surface area contributed by atoms with Crippen LogP contribution in [0.4, 0.5) is 18.9 Å². The minimum absolute atomic E-state index is 0.115. The summed E-state index contributed by atoms with van der Waals surface area (Å²) in [4.78, 5) is 24.0. The molecule has 0 aliphatic heterocycles. The zero-order chi connectivity index (χ0) is 17.2. The molecule has 0 spiro atoms. The fourth-order valence-electron chi connectivity index (χ4n) is 2.05. The van der Waals surface area contributed by atoms with E-state index in [1.165, 1.54) is 16.7 Å². The number of pyridine rings is 1. The predicted molar refractivity (Wildman–Crippen MR) is 80.2 cm³/mol. The maximum atomic E-state index is 12.5. The molecule has 0 aliphatic carbocycles. The average Bonchev–Trinajstić information content (AvgIpc) is 2.47. The summed E-state index contributed by atoms with van der Waals surface area (Å²) in [6.07, 6.45) is -2.94. The number of rotatable bonds is 3. The van der Waals surface area contributed by atoms with Gasteiger partial charge in [0.15, 0.2) is 0 Å².